The van der Waals surface area contributed by atoms with E-state index in [4.69, 9.17) is 19.2 Å². The number of hydrogen-bond donors (Lipinski definition) is 3. The van der Waals surface area contributed by atoms with Gasteiger partial charge in [-0.1, -0.05) is 0 Å². The zero-order chi connectivity index (χ0) is 25.2. The van der Waals surface area contributed by atoms with Crippen molar-refractivity contribution in [2.75, 3.05) is 37.9 Å². The van der Waals surface area contributed by atoms with Gasteiger partial charge in [0.25, 0.3) is 0 Å². The average Bonchev–Trinajstić information content (AvgIpc) is 3.21. The minimum Gasteiger partial charge on any atom is -0.493 e. The molecule has 0 unspecified atom stereocenters. The number of nitrogens with one attached hydrogen (secondary N) is 3. The lowest BCUT2D eigenvalue weighted by Gasteiger charge is -2.34. The number of ether oxygens (including phenoxy) is 3. The maximum atomic E-state index is 12.4. The van der Waals surface area contributed by atoms with Crippen molar-refractivity contribution in [3.8, 4) is 11.5 Å². The van der Waals surface area contributed by atoms with Crippen molar-refractivity contribution in [3.63, 3.8) is 0 Å². The van der Waals surface area contributed by atoms with Crippen LogP contribution in [0.1, 0.15) is 39.3 Å². The van der Waals surface area contributed by atoms with Crippen molar-refractivity contribution in [2.45, 2.75) is 52.2 Å². The van der Waals surface area contributed by atoms with Gasteiger partial charge in [0.05, 0.1) is 19.7 Å². The molecule has 1 aromatic carbocycles. The minimum atomic E-state index is -0.511. The van der Waals surface area contributed by atoms with E-state index in [9.17, 15) is 4.79 Å². The largest absolute Gasteiger partial charge is 0.493 e. The molecule has 11 heteroatoms. The maximum Gasteiger partial charge on any atom is 0.410 e. The molecule has 11 nitrogen and oxygen atoms in total. The predicted molar refractivity (Wildman–Crippen MR) is 134 cm³/mol. The summed E-state index contributed by atoms with van der Waals surface area (Å²) in [6, 6.07) is 5.70. The van der Waals surface area contributed by atoms with Gasteiger partial charge >= 0.3 is 6.09 Å². The van der Waals surface area contributed by atoms with Crippen LogP contribution >= 0.6 is 0 Å². The standard InChI is InChI=1S/C24H33N7O4/c1-14-11-20(30-29-14)27-22-26-17-13-19(34-6)18(33-5)12-16(17)21(28-22)25-15-7-9-31(10-8-15)23(32)35-24(2,3)4/h11-13,15H,7-10H2,1-6H3,(H3,25,26,27,28,29,30). The fraction of sp³-hybridized carbons (Fsp3) is 0.500. The summed E-state index contributed by atoms with van der Waals surface area (Å²) >= 11 is 0. The van der Waals surface area contributed by atoms with Crippen LogP contribution in [0.2, 0.25) is 0 Å². The number of hydrogen-bond acceptors (Lipinski definition) is 9. The lowest BCUT2D eigenvalue weighted by molar-refractivity contribution is 0.0210. The second-order valence-electron chi connectivity index (χ2n) is 9.57. The summed E-state index contributed by atoms with van der Waals surface area (Å²) in [5, 5.41) is 14.6. The fourth-order valence-corrected chi connectivity index (χ4v) is 3.94. The van der Waals surface area contributed by atoms with Crippen molar-refractivity contribution in [1.82, 2.24) is 25.1 Å². The fourth-order valence-electron chi connectivity index (χ4n) is 3.94. The number of benzene rings is 1. The summed E-state index contributed by atoms with van der Waals surface area (Å²) in [6.07, 6.45) is 1.25. The highest BCUT2D eigenvalue weighted by atomic mass is 16.6. The van der Waals surface area contributed by atoms with Crippen LogP contribution in [0.4, 0.5) is 22.4 Å². The van der Waals surface area contributed by atoms with Gasteiger partial charge in [0.15, 0.2) is 17.3 Å². The number of aromatic nitrogens is 4. The van der Waals surface area contributed by atoms with E-state index in [2.05, 4.69) is 25.8 Å². The molecule has 1 aliphatic rings. The van der Waals surface area contributed by atoms with Crippen molar-refractivity contribution < 1.29 is 19.0 Å². The zero-order valence-electron chi connectivity index (χ0n) is 21.1. The van der Waals surface area contributed by atoms with Gasteiger partial charge in [0.1, 0.15) is 11.4 Å². The van der Waals surface area contributed by atoms with Gasteiger partial charge in [-0.05, 0) is 46.6 Å². The van der Waals surface area contributed by atoms with E-state index in [1.54, 1.807) is 19.1 Å². The lowest BCUT2D eigenvalue weighted by atomic mass is 10.0. The summed E-state index contributed by atoms with van der Waals surface area (Å²) in [7, 11) is 3.19. The number of carbonyl (C=O) groups is 1. The monoisotopic (exact) mass is 483 g/mol. The molecular weight excluding hydrogens is 450 g/mol. The molecule has 3 aromatic rings. The number of aryl methyl sites for hydroxylation is 1. The number of H-pyrrole nitrogens is 1. The molecule has 0 bridgehead atoms. The quantitative estimate of drug-likeness (QED) is 0.472. The first kappa shape index (κ1) is 24.4. The van der Waals surface area contributed by atoms with Crippen molar-refractivity contribution in [2.24, 2.45) is 0 Å². The van der Waals surface area contributed by atoms with Crippen molar-refractivity contribution in [1.29, 1.82) is 0 Å². The Balaban J connectivity index is 1.58. The van der Waals surface area contributed by atoms with Crippen LogP contribution in [-0.4, -0.2) is 70.1 Å². The molecule has 188 valence electrons. The maximum absolute atomic E-state index is 12.4. The van der Waals surface area contributed by atoms with Gasteiger partial charge in [-0.2, -0.15) is 10.1 Å². The first-order valence-electron chi connectivity index (χ1n) is 11.6. The van der Waals surface area contributed by atoms with Crippen molar-refractivity contribution in [3.05, 3.63) is 23.9 Å². The Morgan fingerprint density at radius 1 is 1.09 bits per heavy atom. The molecular formula is C24H33N7O4. The van der Waals surface area contributed by atoms with Gasteiger partial charge in [0.2, 0.25) is 5.95 Å². The van der Waals surface area contributed by atoms with Crippen LogP contribution in [0.3, 0.4) is 0 Å². The number of aromatic amines is 1. The third-order valence-corrected chi connectivity index (χ3v) is 5.63. The molecule has 1 aliphatic heterocycles. The molecule has 0 atom stereocenters. The number of amides is 1. The molecule has 0 spiro atoms. The van der Waals surface area contributed by atoms with E-state index in [0.29, 0.717) is 47.7 Å². The Bertz CT molecular complexity index is 1200. The SMILES string of the molecule is COc1cc2nc(Nc3cc(C)[nH]n3)nc(NC3CCN(C(=O)OC(C)(C)C)CC3)c2cc1OC. The van der Waals surface area contributed by atoms with Crippen LogP contribution in [0.15, 0.2) is 18.2 Å². The molecule has 1 saturated heterocycles. The summed E-state index contributed by atoms with van der Waals surface area (Å²) in [5.74, 6) is 2.87. The van der Waals surface area contributed by atoms with E-state index in [0.717, 1.165) is 23.9 Å². The number of fused-ring (bicyclic) bond motifs is 1. The van der Waals surface area contributed by atoms with Crippen LogP contribution in [0.25, 0.3) is 10.9 Å². The molecule has 35 heavy (non-hydrogen) atoms. The normalized spacial score (nSPS) is 14.6. The van der Waals surface area contributed by atoms with Crippen LogP contribution in [0, 0.1) is 6.92 Å². The zero-order valence-corrected chi connectivity index (χ0v) is 21.1. The van der Waals surface area contributed by atoms with Gasteiger partial charge in [-0.3, -0.25) is 5.10 Å². The number of rotatable bonds is 6. The highest BCUT2D eigenvalue weighted by Gasteiger charge is 2.27. The number of anilines is 3. The highest BCUT2D eigenvalue weighted by molar-refractivity contribution is 5.93. The van der Waals surface area contributed by atoms with Crippen molar-refractivity contribution >= 4 is 34.6 Å². The average molecular weight is 484 g/mol. The van der Waals surface area contributed by atoms with E-state index < -0.39 is 5.60 Å². The second-order valence-corrected chi connectivity index (χ2v) is 9.57. The predicted octanol–water partition coefficient (Wildman–Crippen LogP) is 4.23. The van der Waals surface area contributed by atoms with E-state index in [-0.39, 0.29) is 12.1 Å². The van der Waals surface area contributed by atoms with Gasteiger partial charge in [0, 0.05) is 42.3 Å². The summed E-state index contributed by atoms with van der Waals surface area (Å²) < 4.78 is 16.5. The summed E-state index contributed by atoms with van der Waals surface area (Å²) in [5.41, 5.74) is 1.11. The van der Waals surface area contributed by atoms with Crippen LogP contribution in [0.5, 0.6) is 11.5 Å². The molecule has 0 saturated carbocycles. The molecule has 3 N–H and O–H groups in total. The number of piperidine rings is 1. The lowest BCUT2D eigenvalue weighted by Crippen LogP contribution is -2.44. The molecule has 1 amide bonds. The third-order valence-electron chi connectivity index (χ3n) is 5.63. The third kappa shape index (κ3) is 5.84. The number of methoxy groups -OCH3 is 2. The Kier molecular flexibility index (Phi) is 6.86. The van der Waals surface area contributed by atoms with E-state index >= 15 is 0 Å². The first-order valence-corrected chi connectivity index (χ1v) is 11.6. The van der Waals surface area contributed by atoms with E-state index in [1.165, 1.54) is 0 Å². The Morgan fingerprint density at radius 3 is 2.37 bits per heavy atom. The van der Waals surface area contributed by atoms with Gasteiger partial charge in [-0.25, -0.2) is 9.78 Å². The molecule has 0 radical (unpaired) electrons. The summed E-state index contributed by atoms with van der Waals surface area (Å²) in [4.78, 5) is 23.6. The number of carbonyl (C=O) groups excluding carboxylic acids is 1. The Labute approximate surface area is 204 Å². The van der Waals surface area contributed by atoms with Gasteiger partial charge < -0.3 is 29.7 Å². The molecule has 3 heterocycles. The van der Waals surface area contributed by atoms with Crippen LogP contribution in [-0.2, 0) is 4.74 Å². The topological polar surface area (TPSA) is 127 Å². The Hall–Kier alpha value is -3.76. The first-order chi connectivity index (χ1) is 16.6. The second kappa shape index (κ2) is 9.85. The number of likely N-dealkylation sites (tertiary alicyclic amines) is 1. The minimum absolute atomic E-state index is 0.125. The molecule has 1 fully saturated rings. The van der Waals surface area contributed by atoms with Crippen LogP contribution < -0.4 is 20.1 Å². The Morgan fingerprint density at radius 2 is 1.77 bits per heavy atom. The molecule has 2 aromatic heterocycles. The molecule has 0 aliphatic carbocycles. The highest BCUT2D eigenvalue weighted by Crippen LogP contribution is 2.35. The number of nitrogens with zero attached hydrogens (tertiary/aromatic N) is 4. The smallest absolute Gasteiger partial charge is 0.410 e. The molecule has 4 rings (SSSR count). The van der Waals surface area contributed by atoms with E-state index in [1.807, 2.05) is 45.9 Å². The summed E-state index contributed by atoms with van der Waals surface area (Å²) in [6.45, 7) is 8.75. The van der Waals surface area contributed by atoms with Gasteiger partial charge in [-0.15, -0.1) is 0 Å².